The summed E-state index contributed by atoms with van der Waals surface area (Å²) < 4.78 is 5.42. The maximum Gasteiger partial charge on any atom is 0.316 e. The smallest absolute Gasteiger partial charge is 0.316 e. The van der Waals surface area contributed by atoms with E-state index in [0.29, 0.717) is 16.1 Å². The van der Waals surface area contributed by atoms with Gasteiger partial charge >= 0.3 is 5.97 Å². The van der Waals surface area contributed by atoms with E-state index in [4.69, 9.17) is 10.5 Å². The molecule has 0 saturated heterocycles. The molecule has 10 heteroatoms. The van der Waals surface area contributed by atoms with Crippen LogP contribution < -0.4 is 11.1 Å². The minimum absolute atomic E-state index is 0. The van der Waals surface area contributed by atoms with E-state index in [0.717, 1.165) is 5.56 Å². The number of ether oxygens (including phenoxy) is 1. The van der Waals surface area contributed by atoms with Crippen LogP contribution in [0.4, 0.5) is 5.13 Å². The Morgan fingerprint density at radius 2 is 2.04 bits per heavy atom. The molecule has 136 valence electrons. The largest absolute Gasteiger partial charge is 0.465 e. The summed E-state index contributed by atoms with van der Waals surface area (Å²) in [5, 5.41) is 10.9. The molecule has 0 saturated carbocycles. The quantitative estimate of drug-likeness (QED) is 0.397. The van der Waals surface area contributed by atoms with E-state index in [1.165, 1.54) is 23.1 Å². The Morgan fingerprint density at radius 1 is 1.32 bits per heavy atom. The molecule has 1 amide bonds. The van der Waals surface area contributed by atoms with Crippen molar-refractivity contribution in [1.82, 2.24) is 10.2 Å². The Labute approximate surface area is 160 Å². The Kier molecular flexibility index (Phi) is 9.43. The molecule has 0 aliphatic rings. The van der Waals surface area contributed by atoms with Crippen molar-refractivity contribution in [2.45, 2.75) is 23.7 Å². The van der Waals surface area contributed by atoms with Crippen LogP contribution in [-0.4, -0.2) is 34.4 Å². The molecule has 0 aliphatic carbocycles. The number of hydrogen-bond donors (Lipinski definition) is 2. The normalized spacial score (nSPS) is 11.3. The minimum atomic E-state index is -0.378. The zero-order chi connectivity index (χ0) is 17.4. The van der Waals surface area contributed by atoms with Crippen LogP contribution in [0, 0.1) is 0 Å². The summed E-state index contributed by atoms with van der Waals surface area (Å²) in [5.41, 5.74) is 6.91. The van der Waals surface area contributed by atoms with Crippen LogP contribution in [0.1, 0.15) is 24.9 Å². The molecule has 1 atom stereocenters. The number of nitrogens with zero attached hydrogens (tertiary/aromatic N) is 2. The van der Waals surface area contributed by atoms with Crippen molar-refractivity contribution in [3.63, 3.8) is 0 Å². The summed E-state index contributed by atoms with van der Waals surface area (Å²) >= 11 is 2.43. The zero-order valence-corrected chi connectivity index (χ0v) is 16.0. The second-order valence-corrected chi connectivity index (χ2v) is 6.94. The van der Waals surface area contributed by atoms with Crippen LogP contribution in [0.5, 0.6) is 0 Å². The molecule has 3 N–H and O–H groups in total. The summed E-state index contributed by atoms with van der Waals surface area (Å²) in [7, 11) is 0. The van der Waals surface area contributed by atoms with Crippen molar-refractivity contribution in [2.75, 3.05) is 17.7 Å². The van der Waals surface area contributed by atoms with Crippen LogP contribution in [0.25, 0.3) is 0 Å². The lowest BCUT2D eigenvalue weighted by atomic mass is 10.0. The van der Waals surface area contributed by atoms with E-state index < -0.39 is 0 Å². The fourth-order valence-electron chi connectivity index (χ4n) is 1.83. The highest BCUT2D eigenvalue weighted by molar-refractivity contribution is 8.01. The van der Waals surface area contributed by atoms with Gasteiger partial charge in [-0.25, -0.2) is 0 Å². The Balaban J connectivity index is 0.00000312. The van der Waals surface area contributed by atoms with Crippen LogP contribution in [0.3, 0.4) is 0 Å². The molecule has 2 rings (SSSR count). The van der Waals surface area contributed by atoms with E-state index in [9.17, 15) is 9.59 Å². The second-order valence-electron chi connectivity index (χ2n) is 4.74. The van der Waals surface area contributed by atoms with Gasteiger partial charge in [0.1, 0.15) is 0 Å². The van der Waals surface area contributed by atoms with Crippen LogP contribution in [0.15, 0.2) is 34.7 Å². The van der Waals surface area contributed by atoms with Gasteiger partial charge in [0.05, 0.1) is 12.4 Å². The van der Waals surface area contributed by atoms with Crippen molar-refractivity contribution >= 4 is 52.5 Å². The molecule has 0 bridgehead atoms. The first-order valence-electron chi connectivity index (χ1n) is 7.30. The number of anilines is 1. The number of amides is 1. The summed E-state index contributed by atoms with van der Waals surface area (Å²) in [6, 6.07) is 9.04. The molecular formula is C15H19ClN4O3S2. The third-order valence-electron chi connectivity index (χ3n) is 2.90. The zero-order valence-electron chi connectivity index (χ0n) is 13.5. The van der Waals surface area contributed by atoms with Gasteiger partial charge in [-0.05, 0) is 12.5 Å². The van der Waals surface area contributed by atoms with Gasteiger partial charge < -0.3 is 15.8 Å². The highest BCUT2D eigenvalue weighted by Crippen LogP contribution is 2.26. The monoisotopic (exact) mass is 402 g/mol. The number of esters is 1. The number of aromatic nitrogens is 2. The predicted molar refractivity (Wildman–Crippen MR) is 101 cm³/mol. The van der Waals surface area contributed by atoms with Crippen molar-refractivity contribution in [3.05, 3.63) is 35.9 Å². The molecule has 1 heterocycles. The van der Waals surface area contributed by atoms with Gasteiger partial charge in [0.2, 0.25) is 11.0 Å². The first kappa shape index (κ1) is 21.4. The maximum atomic E-state index is 12.0. The number of nitrogens with two attached hydrogens (primary N) is 1. The predicted octanol–water partition coefficient (Wildman–Crippen LogP) is 2.64. The molecule has 25 heavy (non-hydrogen) atoms. The molecule has 0 spiro atoms. The number of hydrogen-bond acceptors (Lipinski definition) is 8. The number of carbonyl (C=O) groups is 2. The fourth-order valence-corrected chi connectivity index (χ4v) is 3.40. The van der Waals surface area contributed by atoms with Crippen molar-refractivity contribution in [2.24, 2.45) is 5.73 Å². The van der Waals surface area contributed by atoms with Gasteiger partial charge in [-0.2, -0.15) is 0 Å². The molecule has 7 nitrogen and oxygen atoms in total. The summed E-state index contributed by atoms with van der Waals surface area (Å²) in [6.45, 7) is 2.10. The topological polar surface area (TPSA) is 107 Å². The summed E-state index contributed by atoms with van der Waals surface area (Å²) in [4.78, 5) is 23.3. The van der Waals surface area contributed by atoms with Crippen molar-refractivity contribution in [1.29, 1.82) is 0 Å². The van der Waals surface area contributed by atoms with Crippen LogP contribution in [-0.2, 0) is 14.3 Å². The minimum Gasteiger partial charge on any atom is -0.465 e. The number of benzene rings is 1. The summed E-state index contributed by atoms with van der Waals surface area (Å²) in [6.07, 6.45) is 0.148. The van der Waals surface area contributed by atoms with E-state index in [1.807, 2.05) is 30.3 Å². The highest BCUT2D eigenvalue weighted by atomic mass is 35.5. The van der Waals surface area contributed by atoms with Gasteiger partial charge in [-0.1, -0.05) is 53.4 Å². The van der Waals surface area contributed by atoms with Crippen molar-refractivity contribution in [3.8, 4) is 0 Å². The van der Waals surface area contributed by atoms with Gasteiger partial charge in [0.25, 0.3) is 0 Å². The molecular weight excluding hydrogens is 384 g/mol. The maximum absolute atomic E-state index is 12.0. The molecule has 1 aromatic heterocycles. The Morgan fingerprint density at radius 3 is 2.72 bits per heavy atom. The molecule has 1 aromatic carbocycles. The second kappa shape index (κ2) is 11.0. The lowest BCUT2D eigenvalue weighted by Crippen LogP contribution is -2.20. The number of nitrogens with one attached hydrogen (secondary N) is 1. The van der Waals surface area contributed by atoms with E-state index >= 15 is 0 Å². The average Bonchev–Trinajstić information content (AvgIpc) is 3.01. The standard InChI is InChI=1S/C15H18N4O3S2.ClH/c1-2-22-13(21)9-23-15-19-18-14(24-15)17-12(20)8-11(16)10-6-4-3-5-7-10;/h3-7,11H,2,8-9,16H2,1H3,(H,17,18,20);1H. The van der Waals surface area contributed by atoms with E-state index in [1.54, 1.807) is 6.92 Å². The number of carbonyl (C=O) groups excluding carboxylic acids is 2. The molecule has 1 unspecified atom stereocenters. The number of halogens is 1. The average molecular weight is 403 g/mol. The molecule has 0 fully saturated rings. The number of rotatable bonds is 8. The fraction of sp³-hybridized carbons (Fsp3) is 0.333. The van der Waals surface area contributed by atoms with Crippen molar-refractivity contribution < 1.29 is 14.3 Å². The van der Waals surface area contributed by atoms with Gasteiger partial charge in [-0.15, -0.1) is 22.6 Å². The molecule has 2 aromatic rings. The van der Waals surface area contributed by atoms with E-state index in [-0.39, 0.29) is 42.5 Å². The van der Waals surface area contributed by atoms with E-state index in [2.05, 4.69) is 15.5 Å². The molecule has 0 aliphatic heterocycles. The number of thioether (sulfide) groups is 1. The van der Waals surface area contributed by atoms with Crippen LogP contribution >= 0.6 is 35.5 Å². The Bertz CT molecular complexity index is 684. The Hall–Kier alpha value is -1.68. The van der Waals surface area contributed by atoms with Gasteiger partial charge in [0.15, 0.2) is 4.34 Å². The lowest BCUT2D eigenvalue weighted by molar-refractivity contribution is -0.139. The first-order chi connectivity index (χ1) is 11.6. The summed E-state index contributed by atoms with van der Waals surface area (Å²) in [5.74, 6) is -0.378. The highest BCUT2D eigenvalue weighted by Gasteiger charge is 2.14. The third-order valence-corrected chi connectivity index (χ3v) is 4.85. The lowest BCUT2D eigenvalue weighted by Gasteiger charge is -2.10. The van der Waals surface area contributed by atoms with Gasteiger partial charge in [0, 0.05) is 12.5 Å². The molecule has 0 radical (unpaired) electrons. The van der Waals surface area contributed by atoms with Crippen LogP contribution in [0.2, 0.25) is 0 Å². The third kappa shape index (κ3) is 7.39. The first-order valence-corrected chi connectivity index (χ1v) is 9.11. The SMILES string of the molecule is CCOC(=O)CSc1nnc(NC(=O)CC(N)c2ccccc2)s1.Cl. The van der Waals surface area contributed by atoms with Gasteiger partial charge in [-0.3, -0.25) is 9.59 Å².